The summed E-state index contributed by atoms with van der Waals surface area (Å²) in [7, 11) is 0. The number of aromatic nitrogens is 2. The SMILES string of the molecule is CC(C)(C)CCNC(=O)Nc1cnn(CC(=O)O)c1. The topological polar surface area (TPSA) is 96.3 Å². The minimum atomic E-state index is -0.982. The Bertz CT molecular complexity index is 448. The van der Waals surface area contributed by atoms with Crippen LogP contribution in [0.3, 0.4) is 0 Å². The second-order valence-corrected chi connectivity index (χ2v) is 5.51. The van der Waals surface area contributed by atoms with Crippen LogP contribution in [0, 0.1) is 5.41 Å². The molecule has 0 radical (unpaired) electrons. The Morgan fingerprint density at radius 3 is 2.68 bits per heavy atom. The van der Waals surface area contributed by atoms with Crippen molar-refractivity contribution in [3.8, 4) is 0 Å². The highest BCUT2D eigenvalue weighted by Gasteiger charge is 2.11. The molecule has 19 heavy (non-hydrogen) atoms. The maximum absolute atomic E-state index is 11.6. The van der Waals surface area contributed by atoms with Gasteiger partial charge in [0, 0.05) is 12.7 Å². The number of rotatable bonds is 5. The van der Waals surface area contributed by atoms with Crippen molar-refractivity contribution < 1.29 is 14.7 Å². The van der Waals surface area contributed by atoms with Crippen LogP contribution in [0.15, 0.2) is 12.4 Å². The first-order chi connectivity index (χ1) is 8.76. The van der Waals surface area contributed by atoms with Crippen LogP contribution in [0.1, 0.15) is 27.2 Å². The predicted molar refractivity (Wildman–Crippen MR) is 71.0 cm³/mol. The predicted octanol–water partition coefficient (Wildman–Crippen LogP) is 1.53. The van der Waals surface area contributed by atoms with Crippen LogP contribution >= 0.6 is 0 Å². The van der Waals surface area contributed by atoms with E-state index in [1.54, 1.807) is 0 Å². The van der Waals surface area contributed by atoms with E-state index in [1.807, 2.05) is 0 Å². The van der Waals surface area contributed by atoms with Gasteiger partial charge in [0.25, 0.3) is 0 Å². The molecule has 2 amide bonds. The van der Waals surface area contributed by atoms with E-state index < -0.39 is 5.97 Å². The number of carboxylic acid groups (broad SMARTS) is 1. The van der Waals surface area contributed by atoms with Gasteiger partial charge in [-0.25, -0.2) is 4.79 Å². The van der Waals surface area contributed by atoms with E-state index in [9.17, 15) is 9.59 Å². The molecule has 7 nitrogen and oxygen atoms in total. The van der Waals surface area contributed by atoms with Gasteiger partial charge in [0.2, 0.25) is 0 Å². The first-order valence-corrected chi connectivity index (χ1v) is 6.05. The molecule has 3 N–H and O–H groups in total. The maximum Gasteiger partial charge on any atom is 0.325 e. The summed E-state index contributed by atoms with van der Waals surface area (Å²) in [5.74, 6) is -0.982. The molecule has 0 spiro atoms. The zero-order valence-electron chi connectivity index (χ0n) is 11.4. The number of nitrogens with one attached hydrogen (secondary N) is 2. The average molecular weight is 268 g/mol. The molecule has 0 unspecified atom stereocenters. The standard InChI is InChI=1S/C12H20N4O3/c1-12(2,3)4-5-13-11(19)15-9-6-14-16(7-9)8-10(17)18/h6-7H,4-5,8H2,1-3H3,(H,17,18)(H2,13,15,19). The Hall–Kier alpha value is -2.05. The van der Waals surface area contributed by atoms with Gasteiger partial charge in [-0.3, -0.25) is 9.48 Å². The fraction of sp³-hybridized carbons (Fsp3) is 0.583. The lowest BCUT2D eigenvalue weighted by molar-refractivity contribution is -0.137. The smallest absolute Gasteiger partial charge is 0.325 e. The molecule has 1 rings (SSSR count). The number of aliphatic carboxylic acids is 1. The van der Waals surface area contributed by atoms with Crippen molar-refractivity contribution in [2.24, 2.45) is 5.41 Å². The first-order valence-electron chi connectivity index (χ1n) is 6.05. The van der Waals surface area contributed by atoms with Crippen LogP contribution in [-0.4, -0.2) is 33.4 Å². The van der Waals surface area contributed by atoms with Crippen molar-refractivity contribution in [2.75, 3.05) is 11.9 Å². The summed E-state index contributed by atoms with van der Waals surface area (Å²) in [5.41, 5.74) is 0.633. The Morgan fingerprint density at radius 2 is 2.11 bits per heavy atom. The molecule has 0 saturated heterocycles. The zero-order chi connectivity index (χ0) is 14.5. The lowest BCUT2D eigenvalue weighted by Gasteiger charge is -2.17. The number of hydrogen-bond acceptors (Lipinski definition) is 3. The van der Waals surface area contributed by atoms with Gasteiger partial charge in [-0.05, 0) is 11.8 Å². The second kappa shape index (κ2) is 6.21. The number of anilines is 1. The van der Waals surface area contributed by atoms with Crippen molar-refractivity contribution >= 4 is 17.7 Å². The molecule has 0 aromatic carbocycles. The van der Waals surface area contributed by atoms with Gasteiger partial charge in [0.15, 0.2) is 0 Å². The Kier molecular flexibility index (Phi) is 4.91. The largest absolute Gasteiger partial charge is 0.480 e. The molecule has 1 heterocycles. The minimum Gasteiger partial charge on any atom is -0.480 e. The minimum absolute atomic E-state index is 0.166. The third-order valence-electron chi connectivity index (χ3n) is 2.35. The molecule has 0 atom stereocenters. The number of nitrogens with zero attached hydrogens (tertiary/aromatic N) is 2. The van der Waals surface area contributed by atoms with E-state index in [2.05, 4.69) is 36.5 Å². The molecule has 1 aromatic heterocycles. The first kappa shape index (κ1) is 15.0. The van der Waals surface area contributed by atoms with E-state index in [4.69, 9.17) is 5.11 Å². The van der Waals surface area contributed by atoms with Crippen LogP contribution in [-0.2, 0) is 11.3 Å². The molecule has 0 aliphatic rings. The fourth-order valence-electron chi connectivity index (χ4n) is 1.38. The molecular formula is C12H20N4O3. The number of carbonyl (C=O) groups is 2. The average Bonchev–Trinajstić information content (AvgIpc) is 2.62. The fourth-order valence-corrected chi connectivity index (χ4v) is 1.38. The highest BCUT2D eigenvalue weighted by Crippen LogP contribution is 2.16. The van der Waals surface area contributed by atoms with Crippen LogP contribution < -0.4 is 10.6 Å². The molecule has 0 saturated carbocycles. The number of carbonyl (C=O) groups excluding carboxylic acids is 1. The second-order valence-electron chi connectivity index (χ2n) is 5.51. The van der Waals surface area contributed by atoms with Crippen molar-refractivity contribution in [3.05, 3.63) is 12.4 Å². The van der Waals surface area contributed by atoms with Crippen molar-refractivity contribution in [1.29, 1.82) is 0 Å². The van der Waals surface area contributed by atoms with E-state index in [0.29, 0.717) is 12.2 Å². The van der Waals surface area contributed by atoms with E-state index in [0.717, 1.165) is 6.42 Å². The van der Waals surface area contributed by atoms with Gasteiger partial charge in [0.05, 0.1) is 11.9 Å². The number of urea groups is 1. The summed E-state index contributed by atoms with van der Waals surface area (Å²) in [6.07, 6.45) is 3.75. The molecule has 0 aliphatic carbocycles. The molecule has 106 valence electrons. The molecule has 1 aromatic rings. The summed E-state index contributed by atoms with van der Waals surface area (Å²) >= 11 is 0. The molecular weight excluding hydrogens is 248 g/mol. The van der Waals surface area contributed by atoms with Gasteiger partial charge >= 0.3 is 12.0 Å². The van der Waals surface area contributed by atoms with Crippen LogP contribution in [0.5, 0.6) is 0 Å². The molecule has 0 fully saturated rings. The number of hydrogen-bond donors (Lipinski definition) is 3. The lowest BCUT2D eigenvalue weighted by atomic mass is 9.92. The van der Waals surface area contributed by atoms with Crippen molar-refractivity contribution in [1.82, 2.24) is 15.1 Å². The lowest BCUT2D eigenvalue weighted by Crippen LogP contribution is -2.31. The third-order valence-corrected chi connectivity index (χ3v) is 2.35. The highest BCUT2D eigenvalue weighted by atomic mass is 16.4. The van der Waals surface area contributed by atoms with Crippen LogP contribution in [0.25, 0.3) is 0 Å². The summed E-state index contributed by atoms with van der Waals surface area (Å²) in [6.45, 7) is 6.65. The summed E-state index contributed by atoms with van der Waals surface area (Å²) in [5, 5.41) is 17.7. The van der Waals surface area contributed by atoms with Gasteiger partial charge in [-0.1, -0.05) is 20.8 Å². The van der Waals surface area contributed by atoms with Crippen molar-refractivity contribution in [2.45, 2.75) is 33.7 Å². The van der Waals surface area contributed by atoms with E-state index in [-0.39, 0.29) is 18.0 Å². The number of amides is 2. The van der Waals surface area contributed by atoms with Crippen LogP contribution in [0.4, 0.5) is 10.5 Å². The Morgan fingerprint density at radius 1 is 1.42 bits per heavy atom. The quantitative estimate of drug-likeness (QED) is 0.754. The van der Waals surface area contributed by atoms with Gasteiger partial charge in [-0.2, -0.15) is 5.10 Å². The normalized spacial score (nSPS) is 11.1. The van der Waals surface area contributed by atoms with Crippen molar-refractivity contribution in [3.63, 3.8) is 0 Å². The summed E-state index contributed by atoms with van der Waals surface area (Å²) < 4.78 is 1.24. The Balaban J connectivity index is 2.36. The number of carboxylic acids is 1. The van der Waals surface area contributed by atoms with Gasteiger partial charge < -0.3 is 15.7 Å². The Labute approximate surface area is 112 Å². The summed E-state index contributed by atoms with van der Waals surface area (Å²) in [6, 6.07) is -0.320. The summed E-state index contributed by atoms with van der Waals surface area (Å²) in [4.78, 5) is 22.0. The van der Waals surface area contributed by atoms with Gasteiger partial charge in [-0.15, -0.1) is 0 Å². The zero-order valence-corrected chi connectivity index (χ0v) is 11.4. The van der Waals surface area contributed by atoms with Gasteiger partial charge in [0.1, 0.15) is 6.54 Å². The van der Waals surface area contributed by atoms with Crippen LogP contribution in [0.2, 0.25) is 0 Å². The van der Waals surface area contributed by atoms with E-state index in [1.165, 1.54) is 17.1 Å². The molecule has 0 aliphatic heterocycles. The maximum atomic E-state index is 11.6. The molecule has 7 heteroatoms. The van der Waals surface area contributed by atoms with E-state index >= 15 is 0 Å². The monoisotopic (exact) mass is 268 g/mol. The molecule has 0 bridgehead atoms. The third kappa shape index (κ3) is 6.44. The highest BCUT2D eigenvalue weighted by molar-refractivity contribution is 5.88.